The van der Waals surface area contributed by atoms with Gasteiger partial charge in [0.1, 0.15) is 23.1 Å². The SMILES string of the molecule is C[Si](C)(C)CCOCn1c(-c2ccncc2)nc2c(OC[C@H]3CCC[C@@H](O)C3)c(Cl)c(Cl)cc21. The number of hydrogen-bond acceptors (Lipinski definition) is 5. The summed E-state index contributed by atoms with van der Waals surface area (Å²) in [7, 11) is -1.20. The third-order valence-corrected chi connectivity index (χ3v) is 8.74. The molecular formula is C25H33Cl2N3O3Si. The van der Waals surface area contributed by atoms with Crippen LogP contribution in [0.1, 0.15) is 25.7 Å². The molecule has 1 aliphatic carbocycles. The van der Waals surface area contributed by atoms with Crippen LogP contribution in [0.2, 0.25) is 35.7 Å². The summed E-state index contributed by atoms with van der Waals surface area (Å²) in [5.74, 6) is 1.52. The van der Waals surface area contributed by atoms with Crippen molar-refractivity contribution in [1.29, 1.82) is 0 Å². The molecule has 184 valence electrons. The first kappa shape index (κ1) is 25.4. The monoisotopic (exact) mass is 521 g/mol. The lowest BCUT2D eigenvalue weighted by atomic mass is 9.88. The van der Waals surface area contributed by atoms with E-state index >= 15 is 0 Å². The first-order valence-corrected chi connectivity index (χ1v) is 16.4. The molecule has 0 spiro atoms. The first-order chi connectivity index (χ1) is 16.2. The van der Waals surface area contributed by atoms with Gasteiger partial charge in [0, 0.05) is 32.6 Å². The van der Waals surface area contributed by atoms with Crippen LogP contribution in [0.25, 0.3) is 22.4 Å². The highest BCUT2D eigenvalue weighted by atomic mass is 35.5. The normalized spacial score (nSPS) is 19.0. The molecule has 2 aromatic heterocycles. The second-order valence-electron chi connectivity index (χ2n) is 10.3. The fraction of sp³-hybridized carbons (Fsp3) is 0.520. The topological polar surface area (TPSA) is 69.4 Å². The second-order valence-corrected chi connectivity index (χ2v) is 16.7. The Morgan fingerprint density at radius 1 is 1.18 bits per heavy atom. The summed E-state index contributed by atoms with van der Waals surface area (Å²) >= 11 is 13.2. The highest BCUT2D eigenvalue weighted by molar-refractivity contribution is 6.76. The van der Waals surface area contributed by atoms with Gasteiger partial charge in [0.2, 0.25) is 0 Å². The number of halogens is 2. The number of pyridine rings is 1. The van der Waals surface area contributed by atoms with Crippen LogP contribution in [0.5, 0.6) is 5.75 Å². The lowest BCUT2D eigenvalue weighted by molar-refractivity contribution is 0.0812. The third kappa shape index (κ3) is 6.12. The molecule has 0 bridgehead atoms. The van der Waals surface area contributed by atoms with Crippen molar-refractivity contribution in [2.45, 2.75) is 64.2 Å². The minimum absolute atomic E-state index is 0.261. The molecule has 0 aliphatic heterocycles. The van der Waals surface area contributed by atoms with Gasteiger partial charge >= 0.3 is 0 Å². The van der Waals surface area contributed by atoms with Crippen molar-refractivity contribution in [1.82, 2.24) is 14.5 Å². The fourth-order valence-corrected chi connectivity index (χ4v) is 5.45. The van der Waals surface area contributed by atoms with E-state index in [0.717, 1.165) is 48.6 Å². The predicted molar refractivity (Wildman–Crippen MR) is 141 cm³/mol. The van der Waals surface area contributed by atoms with E-state index in [1.165, 1.54) is 0 Å². The van der Waals surface area contributed by atoms with Gasteiger partial charge < -0.3 is 14.6 Å². The summed E-state index contributed by atoms with van der Waals surface area (Å²) in [6, 6.07) is 6.76. The van der Waals surface area contributed by atoms with Crippen LogP contribution in [-0.4, -0.2) is 47.0 Å². The maximum absolute atomic E-state index is 10.0. The van der Waals surface area contributed by atoms with Crippen molar-refractivity contribution in [3.8, 4) is 17.1 Å². The van der Waals surface area contributed by atoms with Crippen molar-refractivity contribution in [2.24, 2.45) is 5.92 Å². The van der Waals surface area contributed by atoms with Crippen molar-refractivity contribution in [3.63, 3.8) is 0 Å². The van der Waals surface area contributed by atoms with Crippen molar-refractivity contribution in [3.05, 3.63) is 40.6 Å². The molecule has 1 N–H and O–H groups in total. The van der Waals surface area contributed by atoms with Crippen molar-refractivity contribution in [2.75, 3.05) is 13.2 Å². The van der Waals surface area contributed by atoms with Gasteiger partial charge in [-0.3, -0.25) is 9.55 Å². The Kier molecular flexibility index (Phi) is 8.20. The van der Waals surface area contributed by atoms with E-state index in [9.17, 15) is 5.11 Å². The maximum Gasteiger partial charge on any atom is 0.167 e. The van der Waals surface area contributed by atoms with E-state index in [1.54, 1.807) is 12.4 Å². The number of hydrogen-bond donors (Lipinski definition) is 1. The van der Waals surface area contributed by atoms with E-state index in [4.69, 9.17) is 37.7 Å². The van der Waals surface area contributed by atoms with E-state index in [1.807, 2.05) is 22.8 Å². The summed E-state index contributed by atoms with van der Waals surface area (Å²) in [6.45, 7) is 8.52. The smallest absolute Gasteiger partial charge is 0.167 e. The van der Waals surface area contributed by atoms with Crippen LogP contribution in [-0.2, 0) is 11.5 Å². The van der Waals surface area contributed by atoms with Gasteiger partial charge in [0.25, 0.3) is 0 Å². The zero-order valence-corrected chi connectivity index (χ0v) is 22.6. The van der Waals surface area contributed by atoms with Crippen LogP contribution in [0, 0.1) is 5.92 Å². The minimum atomic E-state index is -1.20. The number of aliphatic hydroxyl groups is 1. The average Bonchev–Trinajstić information content (AvgIpc) is 3.15. The number of ether oxygens (including phenoxy) is 2. The molecule has 3 aromatic rings. The molecular weight excluding hydrogens is 489 g/mol. The largest absolute Gasteiger partial charge is 0.489 e. The molecule has 0 amide bonds. The summed E-state index contributed by atoms with van der Waals surface area (Å²) in [4.78, 5) is 9.08. The molecule has 1 aliphatic rings. The first-order valence-electron chi connectivity index (χ1n) is 11.9. The Hall–Kier alpha value is -1.64. The fourth-order valence-electron chi connectivity index (χ4n) is 4.31. The highest BCUT2D eigenvalue weighted by Gasteiger charge is 2.24. The number of fused-ring (bicyclic) bond motifs is 1. The number of aliphatic hydroxyl groups excluding tert-OH is 1. The zero-order valence-electron chi connectivity index (χ0n) is 20.1. The molecule has 0 unspecified atom stereocenters. The van der Waals surface area contributed by atoms with Gasteiger partial charge in [-0.1, -0.05) is 49.3 Å². The maximum atomic E-state index is 10.0. The van der Waals surface area contributed by atoms with Gasteiger partial charge in [-0.05, 0) is 49.4 Å². The number of rotatable bonds is 9. The Bertz CT molecular complexity index is 1120. The molecule has 0 radical (unpaired) electrons. The molecule has 34 heavy (non-hydrogen) atoms. The molecule has 1 fully saturated rings. The summed E-state index contributed by atoms with van der Waals surface area (Å²) in [5, 5.41) is 10.8. The standard InChI is InChI=1S/C25H33Cl2N3O3Si/c1-34(2,3)12-11-32-16-30-21-14-20(26)22(27)24(33-15-17-5-4-6-19(31)13-17)23(21)29-25(30)18-7-9-28-10-8-18/h7-10,14,17,19,31H,4-6,11-13,15-16H2,1-3H3/t17-,19+/m0/s1. The molecule has 4 rings (SSSR count). The summed E-state index contributed by atoms with van der Waals surface area (Å²) in [6.07, 6.45) is 6.86. The number of benzene rings is 1. The molecule has 2 atom stereocenters. The Balaban J connectivity index is 1.68. The number of aromatic nitrogens is 3. The van der Waals surface area contributed by atoms with E-state index in [2.05, 4.69) is 24.6 Å². The molecule has 1 saturated carbocycles. The zero-order chi connectivity index (χ0) is 24.3. The highest BCUT2D eigenvalue weighted by Crippen LogP contribution is 2.41. The quantitative estimate of drug-likeness (QED) is 0.252. The number of nitrogens with zero attached hydrogens (tertiary/aromatic N) is 3. The number of imidazole rings is 1. The Labute approximate surface area is 212 Å². The average molecular weight is 523 g/mol. The van der Waals surface area contributed by atoms with Gasteiger partial charge in [0.15, 0.2) is 5.75 Å². The van der Waals surface area contributed by atoms with Gasteiger partial charge in [0.05, 0.1) is 23.3 Å². The van der Waals surface area contributed by atoms with Crippen LogP contribution < -0.4 is 4.74 Å². The van der Waals surface area contributed by atoms with Gasteiger partial charge in [-0.2, -0.15) is 0 Å². The summed E-state index contributed by atoms with van der Waals surface area (Å²) in [5.41, 5.74) is 2.40. The third-order valence-electron chi connectivity index (χ3n) is 6.27. The molecule has 0 saturated heterocycles. The molecule has 6 nitrogen and oxygen atoms in total. The van der Waals surface area contributed by atoms with Crippen molar-refractivity contribution >= 4 is 42.3 Å². The van der Waals surface area contributed by atoms with Gasteiger partial charge in [-0.15, -0.1) is 0 Å². The predicted octanol–water partition coefficient (Wildman–Crippen LogP) is 6.65. The van der Waals surface area contributed by atoms with Crippen LogP contribution >= 0.6 is 23.2 Å². The van der Waals surface area contributed by atoms with Crippen molar-refractivity contribution < 1.29 is 14.6 Å². The van der Waals surface area contributed by atoms with E-state index < -0.39 is 8.07 Å². The van der Waals surface area contributed by atoms with Crippen LogP contribution in [0.4, 0.5) is 0 Å². The lowest BCUT2D eigenvalue weighted by Crippen LogP contribution is -2.24. The van der Waals surface area contributed by atoms with Crippen LogP contribution in [0.3, 0.4) is 0 Å². The van der Waals surface area contributed by atoms with Gasteiger partial charge in [-0.25, -0.2) is 4.98 Å². The lowest BCUT2D eigenvalue weighted by Gasteiger charge is -2.26. The molecule has 1 aromatic carbocycles. The molecule has 9 heteroatoms. The van der Waals surface area contributed by atoms with E-state index in [-0.39, 0.29) is 12.0 Å². The van der Waals surface area contributed by atoms with E-state index in [0.29, 0.717) is 41.3 Å². The second kappa shape index (κ2) is 11.0. The summed E-state index contributed by atoms with van der Waals surface area (Å²) < 4.78 is 14.4. The molecule has 2 heterocycles. The Morgan fingerprint density at radius 2 is 1.94 bits per heavy atom. The minimum Gasteiger partial charge on any atom is -0.489 e. The Morgan fingerprint density at radius 3 is 2.65 bits per heavy atom. The van der Waals surface area contributed by atoms with Crippen LogP contribution in [0.15, 0.2) is 30.6 Å².